The Morgan fingerprint density at radius 3 is 2.61 bits per heavy atom. The van der Waals surface area contributed by atoms with Crippen molar-refractivity contribution in [3.8, 4) is 11.1 Å². The lowest BCUT2D eigenvalue weighted by Crippen LogP contribution is -2.56. The number of nitrogens with zero attached hydrogens (tertiary/aromatic N) is 4. The molecule has 1 N–H and O–H groups in total. The van der Waals surface area contributed by atoms with Gasteiger partial charge in [-0.2, -0.15) is 0 Å². The van der Waals surface area contributed by atoms with Crippen LogP contribution in [0, 0.1) is 17.7 Å². The minimum Gasteiger partial charge on any atom is -0.465 e. The van der Waals surface area contributed by atoms with Gasteiger partial charge in [0.2, 0.25) is 11.8 Å². The van der Waals surface area contributed by atoms with Crippen LogP contribution in [0.15, 0.2) is 48.7 Å². The second kappa shape index (κ2) is 8.08. The van der Waals surface area contributed by atoms with Crippen LogP contribution in [0.4, 0.5) is 9.18 Å². The highest BCUT2D eigenvalue weighted by Crippen LogP contribution is 2.44. The van der Waals surface area contributed by atoms with Crippen molar-refractivity contribution in [3.63, 3.8) is 0 Å². The lowest BCUT2D eigenvalue weighted by molar-refractivity contribution is -0.140. The van der Waals surface area contributed by atoms with E-state index in [0.717, 1.165) is 11.1 Å². The number of aromatic nitrogens is 1. The van der Waals surface area contributed by atoms with Gasteiger partial charge in [-0.05, 0) is 29.8 Å². The minimum atomic E-state index is -1.02. The number of carbonyl (C=O) groups is 3. The summed E-state index contributed by atoms with van der Waals surface area (Å²) in [5, 5.41) is 9.41. The highest BCUT2D eigenvalue weighted by molar-refractivity contribution is 6.06. The van der Waals surface area contributed by atoms with E-state index in [0.29, 0.717) is 18.8 Å². The van der Waals surface area contributed by atoms with Crippen molar-refractivity contribution in [2.45, 2.75) is 12.1 Å². The first-order valence-corrected chi connectivity index (χ1v) is 10.8. The van der Waals surface area contributed by atoms with Gasteiger partial charge in [-0.1, -0.05) is 24.3 Å². The molecule has 170 valence electrons. The molecular weight excluding hydrogens is 427 g/mol. The van der Waals surface area contributed by atoms with Crippen LogP contribution < -0.4 is 0 Å². The Morgan fingerprint density at radius 2 is 1.91 bits per heavy atom. The summed E-state index contributed by atoms with van der Waals surface area (Å²) in [5.41, 5.74) is 2.19. The average Bonchev–Trinajstić information content (AvgIpc) is 3.25. The van der Waals surface area contributed by atoms with Crippen LogP contribution in [0.2, 0.25) is 0 Å². The zero-order valence-electron chi connectivity index (χ0n) is 18.0. The Balaban J connectivity index is 1.40. The van der Waals surface area contributed by atoms with Crippen molar-refractivity contribution >= 4 is 24.0 Å². The standard InChI is InChI=1S/C24H23FN4O4/c1-27-22(30)20-18(29-10-9-28(24(32)33)13-19(29)21(20)23(27)31)8-7-17-6-5-15(12-26-17)14-3-2-4-16(25)11-14/h2-8,11-12,18-21H,9-10,13H2,1H3,(H,32,33). The molecule has 4 atom stereocenters. The van der Waals surface area contributed by atoms with Crippen LogP contribution in [0.5, 0.6) is 0 Å². The number of carbonyl (C=O) groups excluding carboxylic acids is 2. The van der Waals surface area contributed by atoms with Gasteiger partial charge in [-0.25, -0.2) is 9.18 Å². The van der Waals surface area contributed by atoms with Crippen LogP contribution in [0.3, 0.4) is 0 Å². The third-order valence-electron chi connectivity index (χ3n) is 6.92. The summed E-state index contributed by atoms with van der Waals surface area (Å²) in [4.78, 5) is 46.2. The molecule has 8 nitrogen and oxygen atoms in total. The number of hydrogen-bond donors (Lipinski definition) is 1. The van der Waals surface area contributed by atoms with Crippen LogP contribution in [-0.4, -0.2) is 81.5 Å². The first kappa shape index (κ1) is 21.3. The van der Waals surface area contributed by atoms with Gasteiger partial charge in [0.1, 0.15) is 5.82 Å². The largest absolute Gasteiger partial charge is 0.465 e. The molecule has 0 aliphatic carbocycles. The number of fused-ring (bicyclic) bond motifs is 3. The van der Waals surface area contributed by atoms with Gasteiger partial charge in [0, 0.05) is 50.5 Å². The van der Waals surface area contributed by atoms with E-state index in [-0.39, 0.29) is 36.3 Å². The van der Waals surface area contributed by atoms with Crippen molar-refractivity contribution in [3.05, 3.63) is 60.2 Å². The number of rotatable bonds is 3. The van der Waals surface area contributed by atoms with E-state index in [1.54, 1.807) is 12.3 Å². The van der Waals surface area contributed by atoms with Crippen molar-refractivity contribution in [2.75, 3.05) is 26.7 Å². The van der Waals surface area contributed by atoms with E-state index in [2.05, 4.69) is 9.88 Å². The van der Waals surface area contributed by atoms with Gasteiger partial charge >= 0.3 is 6.09 Å². The fourth-order valence-electron chi connectivity index (χ4n) is 5.29. The quantitative estimate of drug-likeness (QED) is 0.721. The van der Waals surface area contributed by atoms with E-state index in [1.165, 1.54) is 29.0 Å². The van der Waals surface area contributed by atoms with E-state index < -0.39 is 17.9 Å². The topological polar surface area (TPSA) is 94.0 Å². The molecular formula is C24H23FN4O4. The van der Waals surface area contributed by atoms with Crippen molar-refractivity contribution < 1.29 is 23.9 Å². The minimum absolute atomic E-state index is 0.203. The van der Waals surface area contributed by atoms with E-state index >= 15 is 0 Å². The lowest BCUT2D eigenvalue weighted by Gasteiger charge is -2.39. The molecule has 5 rings (SSSR count). The molecule has 3 aliphatic rings. The SMILES string of the molecule is CN1C(=O)C2C(C1=O)C1CN(C(=O)O)CCN1C2C=Cc1ccc(-c2cccc(F)c2)cn1. The summed E-state index contributed by atoms with van der Waals surface area (Å²) in [5.74, 6) is -1.89. The fourth-order valence-corrected chi connectivity index (χ4v) is 5.29. The van der Waals surface area contributed by atoms with Crippen LogP contribution in [0.25, 0.3) is 17.2 Å². The number of piperazine rings is 1. The van der Waals surface area contributed by atoms with Crippen molar-refractivity contribution in [2.24, 2.45) is 11.8 Å². The smallest absolute Gasteiger partial charge is 0.407 e. The zero-order valence-corrected chi connectivity index (χ0v) is 18.0. The number of hydrogen-bond acceptors (Lipinski definition) is 5. The summed E-state index contributed by atoms with van der Waals surface area (Å²) in [6.45, 7) is 0.984. The van der Waals surface area contributed by atoms with Crippen molar-refractivity contribution in [1.82, 2.24) is 19.7 Å². The number of pyridine rings is 1. The third-order valence-corrected chi connectivity index (χ3v) is 6.92. The molecule has 3 saturated heterocycles. The lowest BCUT2D eigenvalue weighted by atomic mass is 9.89. The number of imide groups is 1. The normalized spacial score (nSPS) is 27.3. The van der Waals surface area contributed by atoms with Crippen molar-refractivity contribution in [1.29, 1.82) is 0 Å². The van der Waals surface area contributed by atoms with Gasteiger partial charge in [0.15, 0.2) is 0 Å². The Hall–Kier alpha value is -3.59. The summed E-state index contributed by atoms with van der Waals surface area (Å²) >= 11 is 0. The van der Waals surface area contributed by atoms with Crippen LogP contribution in [0.1, 0.15) is 5.69 Å². The molecule has 0 saturated carbocycles. The molecule has 4 heterocycles. The number of likely N-dealkylation sites (tertiary alicyclic amines) is 1. The highest BCUT2D eigenvalue weighted by atomic mass is 19.1. The number of benzene rings is 1. The van der Waals surface area contributed by atoms with Gasteiger partial charge < -0.3 is 10.0 Å². The average molecular weight is 450 g/mol. The molecule has 3 aliphatic heterocycles. The van der Waals surface area contributed by atoms with Gasteiger partial charge in [0.05, 0.1) is 17.5 Å². The zero-order chi connectivity index (χ0) is 23.3. The van der Waals surface area contributed by atoms with Gasteiger partial charge in [0.25, 0.3) is 0 Å². The molecule has 9 heteroatoms. The summed E-state index contributed by atoms with van der Waals surface area (Å²) in [6.07, 6.45) is 4.36. The fraction of sp³-hybridized carbons (Fsp3) is 0.333. The highest BCUT2D eigenvalue weighted by Gasteiger charge is 2.61. The maximum atomic E-state index is 13.5. The molecule has 3 fully saturated rings. The molecule has 3 amide bonds. The Kier molecular flexibility index (Phi) is 5.20. The van der Waals surface area contributed by atoms with E-state index in [9.17, 15) is 23.9 Å². The predicted molar refractivity (Wildman–Crippen MR) is 117 cm³/mol. The molecule has 2 aromatic rings. The second-order valence-corrected chi connectivity index (χ2v) is 8.65. The summed E-state index contributed by atoms with van der Waals surface area (Å²) < 4.78 is 13.5. The molecule has 1 aromatic carbocycles. The Labute approximate surface area is 189 Å². The van der Waals surface area contributed by atoms with E-state index in [1.807, 2.05) is 30.4 Å². The molecule has 4 unspecified atom stereocenters. The Morgan fingerprint density at radius 1 is 1.12 bits per heavy atom. The van der Waals surface area contributed by atoms with Gasteiger partial charge in [-0.15, -0.1) is 0 Å². The molecule has 33 heavy (non-hydrogen) atoms. The second-order valence-electron chi connectivity index (χ2n) is 8.65. The molecule has 0 radical (unpaired) electrons. The summed E-state index contributed by atoms with van der Waals surface area (Å²) in [6, 6.07) is 9.31. The molecule has 0 spiro atoms. The predicted octanol–water partition coefficient (Wildman–Crippen LogP) is 2.18. The van der Waals surface area contributed by atoms with Crippen LogP contribution >= 0.6 is 0 Å². The first-order valence-electron chi connectivity index (χ1n) is 10.8. The Bertz CT molecular complexity index is 1150. The maximum absolute atomic E-state index is 13.5. The number of carboxylic acid groups (broad SMARTS) is 1. The monoisotopic (exact) mass is 450 g/mol. The number of halogens is 1. The van der Waals surface area contributed by atoms with E-state index in [4.69, 9.17) is 0 Å². The summed E-state index contributed by atoms with van der Waals surface area (Å²) in [7, 11) is 1.48. The van der Waals surface area contributed by atoms with Crippen LogP contribution in [-0.2, 0) is 9.59 Å². The number of amides is 3. The third kappa shape index (κ3) is 3.58. The molecule has 0 bridgehead atoms. The van der Waals surface area contributed by atoms with Gasteiger partial charge in [-0.3, -0.25) is 24.4 Å². The first-order chi connectivity index (χ1) is 15.8. The maximum Gasteiger partial charge on any atom is 0.407 e. The molecule has 1 aromatic heterocycles.